The Hall–Kier alpha value is -1.55. The Labute approximate surface area is 114 Å². The van der Waals surface area contributed by atoms with Crippen LogP contribution in [0.3, 0.4) is 0 Å². The molecule has 19 heavy (non-hydrogen) atoms. The number of hydrogen-bond acceptors (Lipinski definition) is 4. The summed E-state index contributed by atoms with van der Waals surface area (Å²) >= 11 is 0. The molecule has 0 heterocycles. The predicted molar refractivity (Wildman–Crippen MR) is 75.4 cm³/mol. The Balaban J connectivity index is 2.62. The summed E-state index contributed by atoms with van der Waals surface area (Å²) in [5.74, 6) is 0.543. The molecule has 0 aliphatic carbocycles. The van der Waals surface area contributed by atoms with E-state index in [0.29, 0.717) is 6.42 Å². The third kappa shape index (κ3) is 4.24. The van der Waals surface area contributed by atoms with Crippen LogP contribution in [0.5, 0.6) is 5.75 Å². The first-order valence-electron chi connectivity index (χ1n) is 6.47. The number of aryl methyl sites for hydroxylation is 3. The second kappa shape index (κ2) is 7.14. The smallest absolute Gasteiger partial charge is 0.322 e. The lowest BCUT2D eigenvalue weighted by Crippen LogP contribution is -2.31. The second-order valence-corrected chi connectivity index (χ2v) is 4.77. The number of carbonyl (C=O) groups is 1. The zero-order valence-electron chi connectivity index (χ0n) is 12.2. The Morgan fingerprint density at radius 1 is 1.26 bits per heavy atom. The van der Waals surface area contributed by atoms with Gasteiger partial charge in [-0.15, -0.1) is 0 Å². The summed E-state index contributed by atoms with van der Waals surface area (Å²) in [4.78, 5) is 11.2. The molecular formula is C15H23NO3. The molecule has 1 aromatic rings. The monoisotopic (exact) mass is 265 g/mol. The van der Waals surface area contributed by atoms with E-state index in [1.807, 2.05) is 6.07 Å². The minimum Gasteiger partial charge on any atom is -0.496 e. The van der Waals surface area contributed by atoms with Gasteiger partial charge in [0.15, 0.2) is 0 Å². The first-order chi connectivity index (χ1) is 8.99. The average molecular weight is 265 g/mol. The van der Waals surface area contributed by atoms with Gasteiger partial charge in [0.25, 0.3) is 0 Å². The topological polar surface area (TPSA) is 61.5 Å². The van der Waals surface area contributed by atoms with Crippen molar-refractivity contribution in [1.82, 2.24) is 0 Å². The number of esters is 1. The van der Waals surface area contributed by atoms with E-state index in [9.17, 15) is 4.79 Å². The van der Waals surface area contributed by atoms with E-state index in [1.54, 1.807) is 7.11 Å². The largest absolute Gasteiger partial charge is 0.496 e. The Kier molecular flexibility index (Phi) is 5.83. The molecule has 2 N–H and O–H groups in total. The Bertz CT molecular complexity index is 443. The molecular weight excluding hydrogens is 242 g/mol. The van der Waals surface area contributed by atoms with Gasteiger partial charge in [0.2, 0.25) is 0 Å². The highest BCUT2D eigenvalue weighted by Gasteiger charge is 2.13. The van der Waals surface area contributed by atoms with Gasteiger partial charge in [-0.3, -0.25) is 4.79 Å². The summed E-state index contributed by atoms with van der Waals surface area (Å²) in [5, 5.41) is 0. The van der Waals surface area contributed by atoms with Crippen LogP contribution in [0.15, 0.2) is 12.1 Å². The van der Waals surface area contributed by atoms with Gasteiger partial charge in [-0.2, -0.15) is 0 Å². The van der Waals surface area contributed by atoms with Crippen LogP contribution in [-0.4, -0.2) is 26.2 Å². The third-order valence-corrected chi connectivity index (χ3v) is 3.36. The SMILES string of the molecule is COC(=O)C(N)CCCc1cc(C)c(C)cc1OC. The summed E-state index contributed by atoms with van der Waals surface area (Å²) in [6.07, 6.45) is 2.28. The highest BCUT2D eigenvalue weighted by Crippen LogP contribution is 2.24. The fourth-order valence-electron chi connectivity index (χ4n) is 2.02. The quantitative estimate of drug-likeness (QED) is 0.800. The molecule has 1 unspecified atom stereocenters. The number of carbonyl (C=O) groups excluding carboxylic acids is 1. The number of ether oxygens (including phenoxy) is 2. The molecule has 0 saturated carbocycles. The standard InChI is InChI=1S/C15H23NO3/c1-10-8-12(14(18-3)9-11(10)2)6-5-7-13(16)15(17)19-4/h8-9,13H,5-7,16H2,1-4H3. The van der Waals surface area contributed by atoms with E-state index < -0.39 is 6.04 Å². The average Bonchev–Trinajstić information content (AvgIpc) is 2.41. The molecule has 0 amide bonds. The zero-order chi connectivity index (χ0) is 14.4. The number of rotatable bonds is 6. The summed E-state index contributed by atoms with van der Waals surface area (Å²) < 4.78 is 9.99. The minimum atomic E-state index is -0.539. The molecule has 0 aliphatic heterocycles. The van der Waals surface area contributed by atoms with Crippen LogP contribution in [-0.2, 0) is 16.0 Å². The molecule has 0 saturated heterocycles. The molecule has 1 aromatic carbocycles. The maximum atomic E-state index is 11.2. The van der Waals surface area contributed by atoms with Crippen molar-refractivity contribution in [3.8, 4) is 5.75 Å². The highest BCUT2D eigenvalue weighted by atomic mass is 16.5. The van der Waals surface area contributed by atoms with Crippen molar-refractivity contribution >= 4 is 5.97 Å². The van der Waals surface area contributed by atoms with Gasteiger partial charge in [0.1, 0.15) is 11.8 Å². The van der Waals surface area contributed by atoms with Crippen LogP contribution in [0.4, 0.5) is 0 Å². The van der Waals surface area contributed by atoms with Crippen molar-refractivity contribution in [3.63, 3.8) is 0 Å². The van der Waals surface area contributed by atoms with E-state index in [0.717, 1.165) is 24.2 Å². The Morgan fingerprint density at radius 3 is 2.47 bits per heavy atom. The van der Waals surface area contributed by atoms with Crippen molar-refractivity contribution in [1.29, 1.82) is 0 Å². The number of benzene rings is 1. The highest BCUT2D eigenvalue weighted by molar-refractivity contribution is 5.75. The molecule has 0 aromatic heterocycles. The van der Waals surface area contributed by atoms with Crippen LogP contribution in [0.1, 0.15) is 29.5 Å². The maximum absolute atomic E-state index is 11.2. The van der Waals surface area contributed by atoms with Crippen LogP contribution in [0.25, 0.3) is 0 Å². The third-order valence-electron chi connectivity index (χ3n) is 3.36. The van der Waals surface area contributed by atoms with Gasteiger partial charge < -0.3 is 15.2 Å². The maximum Gasteiger partial charge on any atom is 0.322 e. The molecule has 1 atom stereocenters. The summed E-state index contributed by atoms with van der Waals surface area (Å²) in [6, 6.07) is 3.64. The molecule has 0 bridgehead atoms. The van der Waals surface area contributed by atoms with E-state index in [1.165, 1.54) is 18.2 Å². The summed E-state index contributed by atoms with van der Waals surface area (Å²) in [7, 11) is 3.03. The van der Waals surface area contributed by atoms with Crippen LogP contribution < -0.4 is 10.5 Å². The molecule has 0 fully saturated rings. The second-order valence-electron chi connectivity index (χ2n) is 4.77. The summed E-state index contributed by atoms with van der Waals surface area (Å²) in [5.41, 5.74) is 9.32. The van der Waals surface area contributed by atoms with Gasteiger partial charge in [-0.1, -0.05) is 6.07 Å². The molecule has 0 spiro atoms. The van der Waals surface area contributed by atoms with Gasteiger partial charge in [-0.25, -0.2) is 0 Å². The van der Waals surface area contributed by atoms with Crippen LogP contribution >= 0.6 is 0 Å². The zero-order valence-corrected chi connectivity index (χ0v) is 12.2. The fourth-order valence-corrected chi connectivity index (χ4v) is 2.02. The molecule has 1 rings (SSSR count). The van der Waals surface area contributed by atoms with Gasteiger partial charge in [0, 0.05) is 0 Å². The van der Waals surface area contributed by atoms with E-state index in [2.05, 4.69) is 24.7 Å². The number of methoxy groups -OCH3 is 2. The number of nitrogens with two attached hydrogens (primary N) is 1. The van der Waals surface area contributed by atoms with E-state index in [-0.39, 0.29) is 5.97 Å². The van der Waals surface area contributed by atoms with Crippen molar-refractivity contribution in [2.24, 2.45) is 5.73 Å². The van der Waals surface area contributed by atoms with E-state index >= 15 is 0 Å². The van der Waals surface area contributed by atoms with Crippen LogP contribution in [0, 0.1) is 13.8 Å². The first kappa shape index (κ1) is 15.5. The predicted octanol–water partition coefficient (Wildman–Crippen LogP) is 2.14. The van der Waals surface area contributed by atoms with Crippen molar-refractivity contribution < 1.29 is 14.3 Å². The van der Waals surface area contributed by atoms with Gasteiger partial charge in [-0.05, 0) is 55.9 Å². The first-order valence-corrected chi connectivity index (χ1v) is 6.47. The fraction of sp³-hybridized carbons (Fsp3) is 0.533. The molecule has 4 nitrogen and oxygen atoms in total. The van der Waals surface area contributed by atoms with Gasteiger partial charge >= 0.3 is 5.97 Å². The van der Waals surface area contributed by atoms with Gasteiger partial charge in [0.05, 0.1) is 14.2 Å². The van der Waals surface area contributed by atoms with Crippen molar-refractivity contribution in [2.45, 2.75) is 39.2 Å². The van der Waals surface area contributed by atoms with E-state index in [4.69, 9.17) is 10.5 Å². The Morgan fingerprint density at radius 2 is 1.89 bits per heavy atom. The lowest BCUT2D eigenvalue weighted by Gasteiger charge is -2.13. The number of hydrogen-bond donors (Lipinski definition) is 1. The molecule has 106 valence electrons. The lowest BCUT2D eigenvalue weighted by atomic mass is 9.99. The summed E-state index contributed by atoms with van der Waals surface area (Å²) in [6.45, 7) is 4.15. The lowest BCUT2D eigenvalue weighted by molar-refractivity contribution is -0.142. The van der Waals surface area contributed by atoms with Crippen molar-refractivity contribution in [3.05, 3.63) is 28.8 Å². The van der Waals surface area contributed by atoms with Crippen LogP contribution in [0.2, 0.25) is 0 Å². The minimum absolute atomic E-state index is 0.355. The molecule has 0 aliphatic rings. The van der Waals surface area contributed by atoms with Crippen molar-refractivity contribution in [2.75, 3.05) is 14.2 Å². The normalized spacial score (nSPS) is 12.1. The molecule has 4 heteroatoms. The molecule has 0 radical (unpaired) electrons.